The quantitative estimate of drug-likeness (QED) is 0.178. The van der Waals surface area contributed by atoms with Crippen molar-refractivity contribution < 1.29 is 24.3 Å². The molecule has 2 saturated heterocycles. The van der Waals surface area contributed by atoms with Crippen LogP contribution >= 0.6 is 0 Å². The molecule has 0 radical (unpaired) electrons. The van der Waals surface area contributed by atoms with E-state index in [9.17, 15) is 19.2 Å². The Morgan fingerprint density at radius 3 is 2.07 bits per heavy atom. The number of nitriles is 2. The van der Waals surface area contributed by atoms with Gasteiger partial charge in [0.05, 0.1) is 49.3 Å². The van der Waals surface area contributed by atoms with Gasteiger partial charge in [0.15, 0.2) is 0 Å². The Hall–Kier alpha value is -4.90. The highest BCUT2D eigenvalue weighted by Gasteiger charge is 2.32. The van der Waals surface area contributed by atoms with Crippen LogP contribution < -0.4 is 22.5 Å². The first-order valence-electron chi connectivity index (χ1n) is 14.4. The Balaban J connectivity index is 0.000000259. The topological polar surface area (TPSA) is 263 Å². The molecule has 4 atom stereocenters. The van der Waals surface area contributed by atoms with Gasteiger partial charge in [-0.2, -0.15) is 10.5 Å². The molecule has 0 bridgehead atoms. The summed E-state index contributed by atoms with van der Waals surface area (Å²) in [6.45, 7) is 1.91. The van der Waals surface area contributed by atoms with Crippen LogP contribution in [0.1, 0.15) is 36.9 Å². The van der Waals surface area contributed by atoms with E-state index in [4.69, 9.17) is 32.8 Å². The van der Waals surface area contributed by atoms with Gasteiger partial charge in [0.1, 0.15) is 12.1 Å². The zero-order chi connectivity index (χ0) is 33.4. The molecule has 16 heteroatoms. The standard InChI is InChI=1S/C15H19N5O2.C7H12N4O.C7H10N2O2/c16-5-9-20-8-1-2-13(20)15(22)19-12(14(17)21)10-11-3-6-18-7-4-11;1-11-3-5(10-4-11)2-6(8)7(9)12;8-3-5-9-4-1-2-6(9)7(10)11/h3-4,6-7,12-13H,1-2,8-10H2,(H2,17,21)(H,19,22);3-4,6H,2,8H2,1H3,(H2,9,12);6H,1-2,4-5H2,(H,10,11). The van der Waals surface area contributed by atoms with Crippen LogP contribution in [0.2, 0.25) is 0 Å². The normalized spacial score (nSPS) is 18.9. The molecule has 2 aromatic heterocycles. The predicted octanol–water partition coefficient (Wildman–Crippen LogP) is -1.58. The number of nitrogens with zero attached hydrogens (tertiary/aromatic N) is 7. The van der Waals surface area contributed by atoms with Crippen molar-refractivity contribution in [1.82, 2.24) is 29.7 Å². The van der Waals surface area contributed by atoms with E-state index in [0.717, 1.165) is 37.2 Å². The lowest BCUT2D eigenvalue weighted by Crippen LogP contribution is -2.52. The summed E-state index contributed by atoms with van der Waals surface area (Å²) in [6, 6.07) is 5.38. The van der Waals surface area contributed by atoms with Crippen molar-refractivity contribution in [3.63, 3.8) is 0 Å². The van der Waals surface area contributed by atoms with E-state index < -0.39 is 35.9 Å². The Bertz CT molecular complexity index is 1350. The maximum atomic E-state index is 12.4. The van der Waals surface area contributed by atoms with E-state index in [-0.39, 0.29) is 25.0 Å². The zero-order valence-electron chi connectivity index (χ0n) is 25.3. The van der Waals surface area contributed by atoms with Gasteiger partial charge in [-0.15, -0.1) is 0 Å². The number of nitrogens with one attached hydrogen (secondary N) is 1. The fourth-order valence-corrected chi connectivity index (χ4v) is 4.93. The van der Waals surface area contributed by atoms with Crippen LogP contribution in [0.25, 0.3) is 0 Å². The van der Waals surface area contributed by atoms with E-state index in [1.165, 1.54) is 0 Å². The summed E-state index contributed by atoms with van der Waals surface area (Å²) >= 11 is 0. The van der Waals surface area contributed by atoms with Gasteiger partial charge in [0, 0.05) is 51.6 Å². The molecule has 0 aliphatic carbocycles. The summed E-state index contributed by atoms with van der Waals surface area (Å²) in [5.74, 6) is -2.13. The van der Waals surface area contributed by atoms with Crippen LogP contribution in [0, 0.1) is 22.7 Å². The smallest absolute Gasteiger partial charge is 0.320 e. The number of aryl methyl sites for hydroxylation is 1. The van der Waals surface area contributed by atoms with Crippen LogP contribution in [0.4, 0.5) is 0 Å². The van der Waals surface area contributed by atoms with Crippen LogP contribution in [-0.4, -0.2) is 103 Å². The van der Waals surface area contributed by atoms with Gasteiger partial charge in [0.2, 0.25) is 17.7 Å². The molecule has 2 aliphatic rings. The van der Waals surface area contributed by atoms with Gasteiger partial charge >= 0.3 is 5.97 Å². The third kappa shape index (κ3) is 12.3. The Labute approximate surface area is 261 Å². The number of carboxylic acid groups (broad SMARTS) is 1. The van der Waals surface area contributed by atoms with Gasteiger partial charge < -0.3 is 32.2 Å². The lowest BCUT2D eigenvalue weighted by molar-refractivity contribution is -0.142. The minimum Gasteiger partial charge on any atom is -0.480 e. The Kier molecular flexibility index (Phi) is 15.1. The minimum atomic E-state index is -0.808. The molecule has 2 aromatic rings. The third-order valence-corrected chi connectivity index (χ3v) is 7.26. The summed E-state index contributed by atoms with van der Waals surface area (Å²) in [5, 5.41) is 28.5. The molecule has 2 aliphatic heterocycles. The highest BCUT2D eigenvalue weighted by Crippen LogP contribution is 2.17. The number of primary amides is 2. The highest BCUT2D eigenvalue weighted by molar-refractivity contribution is 5.89. The first-order chi connectivity index (χ1) is 21.5. The van der Waals surface area contributed by atoms with E-state index in [2.05, 4.69) is 21.4 Å². The summed E-state index contributed by atoms with van der Waals surface area (Å²) in [7, 11) is 1.85. The summed E-state index contributed by atoms with van der Waals surface area (Å²) < 4.78 is 1.79. The van der Waals surface area contributed by atoms with Crippen molar-refractivity contribution in [3.05, 3.63) is 48.3 Å². The number of carbonyl (C=O) groups is 4. The number of aliphatic carboxylic acids is 1. The fraction of sp³-hybridized carbons (Fsp3) is 0.517. The molecule has 0 spiro atoms. The van der Waals surface area contributed by atoms with E-state index in [1.54, 1.807) is 40.3 Å². The number of pyridine rings is 1. The number of carbonyl (C=O) groups excluding carboxylic acids is 3. The number of likely N-dealkylation sites (tertiary alicyclic amines) is 2. The molecule has 4 rings (SSSR count). The molecule has 2 fully saturated rings. The zero-order valence-corrected chi connectivity index (χ0v) is 25.3. The van der Waals surface area contributed by atoms with Crippen molar-refractivity contribution in [2.45, 2.75) is 62.7 Å². The summed E-state index contributed by atoms with van der Waals surface area (Å²) in [4.78, 5) is 56.5. The van der Waals surface area contributed by atoms with Gasteiger partial charge in [0.25, 0.3) is 0 Å². The van der Waals surface area contributed by atoms with Crippen LogP contribution in [0.3, 0.4) is 0 Å². The second-order valence-corrected chi connectivity index (χ2v) is 10.7. The van der Waals surface area contributed by atoms with Gasteiger partial charge in [-0.3, -0.25) is 34.0 Å². The summed E-state index contributed by atoms with van der Waals surface area (Å²) in [6.07, 6.45) is 10.6. The molecule has 4 heterocycles. The van der Waals surface area contributed by atoms with Crippen molar-refractivity contribution in [2.24, 2.45) is 24.2 Å². The number of nitrogens with two attached hydrogens (primary N) is 3. The SMILES string of the molecule is Cn1cnc(CC(N)C(N)=O)c1.N#CCN1CCCC1C(=O)NC(Cc1ccncc1)C(N)=O.N#CCN1CCCC1C(=O)O. The maximum absolute atomic E-state index is 12.4. The van der Waals surface area contributed by atoms with Gasteiger partial charge in [-0.05, 0) is 43.4 Å². The number of hydrogen-bond acceptors (Lipinski definition) is 11. The van der Waals surface area contributed by atoms with Crippen LogP contribution in [0.15, 0.2) is 37.1 Å². The van der Waals surface area contributed by atoms with Crippen LogP contribution in [-0.2, 0) is 39.1 Å². The first kappa shape index (κ1) is 36.3. The summed E-state index contributed by atoms with van der Waals surface area (Å²) in [5.41, 5.74) is 17.5. The third-order valence-electron chi connectivity index (χ3n) is 7.26. The molecular formula is C29H41N11O5. The Morgan fingerprint density at radius 1 is 1.00 bits per heavy atom. The van der Waals surface area contributed by atoms with Gasteiger partial charge in [-0.25, -0.2) is 4.98 Å². The number of rotatable bonds is 11. The predicted molar refractivity (Wildman–Crippen MR) is 161 cm³/mol. The average molecular weight is 624 g/mol. The average Bonchev–Trinajstić information content (AvgIpc) is 3.76. The second-order valence-electron chi connectivity index (χ2n) is 10.7. The molecule has 16 nitrogen and oxygen atoms in total. The van der Waals surface area contributed by atoms with Crippen molar-refractivity contribution in [2.75, 3.05) is 26.2 Å². The molecule has 242 valence electrons. The van der Waals surface area contributed by atoms with Gasteiger partial charge in [-0.1, -0.05) is 0 Å². The first-order valence-corrected chi connectivity index (χ1v) is 14.4. The van der Waals surface area contributed by atoms with Crippen LogP contribution in [0.5, 0.6) is 0 Å². The molecule has 8 N–H and O–H groups in total. The number of imidazole rings is 1. The van der Waals surface area contributed by atoms with Crippen molar-refractivity contribution in [1.29, 1.82) is 10.5 Å². The number of carboxylic acids is 1. The monoisotopic (exact) mass is 623 g/mol. The Morgan fingerprint density at radius 2 is 1.58 bits per heavy atom. The lowest BCUT2D eigenvalue weighted by atomic mass is 10.1. The number of amides is 3. The maximum Gasteiger partial charge on any atom is 0.320 e. The number of aromatic nitrogens is 3. The minimum absolute atomic E-state index is 0.212. The van der Waals surface area contributed by atoms with E-state index >= 15 is 0 Å². The molecular weight excluding hydrogens is 582 g/mol. The molecule has 4 unspecified atom stereocenters. The number of hydrogen-bond donors (Lipinski definition) is 5. The highest BCUT2D eigenvalue weighted by atomic mass is 16.4. The van der Waals surface area contributed by atoms with E-state index in [0.29, 0.717) is 25.7 Å². The molecule has 3 amide bonds. The molecule has 45 heavy (non-hydrogen) atoms. The largest absolute Gasteiger partial charge is 0.480 e. The second kappa shape index (κ2) is 18.7. The molecule has 0 aromatic carbocycles. The molecule has 0 saturated carbocycles. The fourth-order valence-electron chi connectivity index (χ4n) is 4.93. The van der Waals surface area contributed by atoms with Crippen molar-refractivity contribution in [3.8, 4) is 12.1 Å². The lowest BCUT2D eigenvalue weighted by Gasteiger charge is -2.23. The van der Waals surface area contributed by atoms with E-state index in [1.807, 2.05) is 24.2 Å². The van der Waals surface area contributed by atoms with Crippen molar-refractivity contribution >= 4 is 23.7 Å².